The third-order valence-corrected chi connectivity index (χ3v) is 3.78. The largest absolute Gasteiger partial charge is 0.334 e. The zero-order valence-electron chi connectivity index (χ0n) is 13.0. The van der Waals surface area contributed by atoms with Crippen LogP contribution in [0.1, 0.15) is 21.7 Å². The summed E-state index contributed by atoms with van der Waals surface area (Å²) in [6, 6.07) is 7.49. The van der Waals surface area contributed by atoms with Crippen molar-refractivity contribution in [2.45, 2.75) is 13.1 Å². The van der Waals surface area contributed by atoms with E-state index >= 15 is 0 Å². The van der Waals surface area contributed by atoms with E-state index in [0.29, 0.717) is 23.8 Å². The van der Waals surface area contributed by atoms with Crippen molar-refractivity contribution in [2.24, 2.45) is 0 Å². The molecule has 3 aromatic rings. The summed E-state index contributed by atoms with van der Waals surface area (Å²) in [7, 11) is 1.68. The van der Waals surface area contributed by atoms with Gasteiger partial charge in [-0.25, -0.2) is 4.68 Å². The molecule has 0 aliphatic rings. The van der Waals surface area contributed by atoms with Gasteiger partial charge in [0.15, 0.2) is 5.69 Å². The summed E-state index contributed by atoms with van der Waals surface area (Å²) in [5.74, 6) is -0.230. The number of aromatic nitrogens is 5. The molecule has 0 aliphatic carbocycles. The first-order valence-corrected chi connectivity index (χ1v) is 7.65. The molecule has 1 amide bonds. The van der Waals surface area contributed by atoms with E-state index in [4.69, 9.17) is 11.6 Å². The van der Waals surface area contributed by atoms with Gasteiger partial charge in [-0.3, -0.25) is 14.8 Å². The van der Waals surface area contributed by atoms with Crippen LogP contribution >= 0.6 is 11.6 Å². The SMILES string of the molecule is CN(Cc1cnccn1)C(=O)c1cn(Cc2ccccc2Cl)nn1. The zero-order valence-corrected chi connectivity index (χ0v) is 13.8. The normalized spacial score (nSPS) is 10.6. The molecule has 3 rings (SSSR count). The number of nitrogens with zero attached hydrogens (tertiary/aromatic N) is 6. The van der Waals surface area contributed by atoms with E-state index in [1.54, 1.807) is 36.5 Å². The maximum Gasteiger partial charge on any atom is 0.276 e. The third-order valence-electron chi connectivity index (χ3n) is 3.41. The van der Waals surface area contributed by atoms with Gasteiger partial charge in [-0.15, -0.1) is 5.10 Å². The van der Waals surface area contributed by atoms with Gasteiger partial charge in [0.05, 0.1) is 31.2 Å². The highest BCUT2D eigenvalue weighted by molar-refractivity contribution is 6.31. The number of carbonyl (C=O) groups is 1. The fraction of sp³-hybridized carbons (Fsp3) is 0.188. The minimum Gasteiger partial charge on any atom is -0.334 e. The summed E-state index contributed by atoms with van der Waals surface area (Å²) in [6.07, 6.45) is 6.41. The van der Waals surface area contributed by atoms with Crippen molar-refractivity contribution in [3.8, 4) is 0 Å². The molecule has 0 saturated heterocycles. The maximum absolute atomic E-state index is 12.4. The topological polar surface area (TPSA) is 76.8 Å². The molecule has 0 saturated carbocycles. The first-order valence-electron chi connectivity index (χ1n) is 7.27. The van der Waals surface area contributed by atoms with E-state index in [0.717, 1.165) is 5.56 Å². The number of halogens is 1. The van der Waals surface area contributed by atoms with Gasteiger partial charge in [-0.1, -0.05) is 35.0 Å². The van der Waals surface area contributed by atoms with Crippen LogP contribution in [0.15, 0.2) is 49.1 Å². The molecule has 0 N–H and O–H groups in total. The van der Waals surface area contributed by atoms with Crippen LogP contribution in [0, 0.1) is 0 Å². The zero-order chi connectivity index (χ0) is 16.9. The molecule has 1 aromatic carbocycles. The highest BCUT2D eigenvalue weighted by atomic mass is 35.5. The second-order valence-corrected chi connectivity index (χ2v) is 5.66. The minimum atomic E-state index is -0.230. The van der Waals surface area contributed by atoms with E-state index in [1.165, 1.54) is 4.90 Å². The van der Waals surface area contributed by atoms with Crippen molar-refractivity contribution < 1.29 is 4.79 Å². The standard InChI is InChI=1S/C16H15ClN6O/c1-22(10-13-8-18-6-7-19-13)16(24)15-11-23(21-20-15)9-12-4-2-3-5-14(12)17/h2-8,11H,9-10H2,1H3. The molecule has 0 aliphatic heterocycles. The molecule has 122 valence electrons. The average molecular weight is 343 g/mol. The van der Waals surface area contributed by atoms with E-state index in [2.05, 4.69) is 20.3 Å². The molecule has 0 bridgehead atoms. The molecular weight excluding hydrogens is 328 g/mol. The van der Waals surface area contributed by atoms with Gasteiger partial charge in [-0.05, 0) is 11.6 Å². The third kappa shape index (κ3) is 3.75. The van der Waals surface area contributed by atoms with E-state index < -0.39 is 0 Å². The highest BCUT2D eigenvalue weighted by Gasteiger charge is 2.16. The predicted octanol–water partition coefficient (Wildman–Crippen LogP) is 2.04. The van der Waals surface area contributed by atoms with Crippen LogP contribution in [0.4, 0.5) is 0 Å². The van der Waals surface area contributed by atoms with E-state index in [9.17, 15) is 4.79 Å². The summed E-state index contributed by atoms with van der Waals surface area (Å²) in [4.78, 5) is 22.1. The smallest absolute Gasteiger partial charge is 0.276 e. The Morgan fingerprint density at radius 3 is 2.88 bits per heavy atom. The average Bonchev–Trinajstić information content (AvgIpc) is 3.05. The first kappa shape index (κ1) is 16.1. The van der Waals surface area contributed by atoms with E-state index in [1.807, 2.05) is 24.3 Å². The molecule has 0 unspecified atom stereocenters. The second kappa shape index (κ2) is 7.18. The molecule has 0 atom stereocenters. The lowest BCUT2D eigenvalue weighted by molar-refractivity contribution is 0.0777. The lowest BCUT2D eigenvalue weighted by Gasteiger charge is -2.14. The monoisotopic (exact) mass is 342 g/mol. The molecule has 2 aromatic heterocycles. The van der Waals surface area contributed by atoms with Crippen LogP contribution in [0.5, 0.6) is 0 Å². The van der Waals surface area contributed by atoms with Gasteiger partial charge in [0.2, 0.25) is 0 Å². The van der Waals surface area contributed by atoms with Crippen molar-refractivity contribution in [3.63, 3.8) is 0 Å². The summed E-state index contributed by atoms with van der Waals surface area (Å²) in [5.41, 5.74) is 1.89. The molecule has 8 heteroatoms. The summed E-state index contributed by atoms with van der Waals surface area (Å²) in [5, 5.41) is 8.60. The Morgan fingerprint density at radius 1 is 1.29 bits per heavy atom. The molecule has 7 nitrogen and oxygen atoms in total. The van der Waals surface area contributed by atoms with Gasteiger partial charge in [0.1, 0.15) is 0 Å². The lowest BCUT2D eigenvalue weighted by Crippen LogP contribution is -2.27. The molecule has 0 fully saturated rings. The number of carbonyl (C=O) groups excluding carboxylic acids is 1. The molecular formula is C16H15ClN6O. The van der Waals surface area contributed by atoms with Crippen LogP contribution in [0.25, 0.3) is 0 Å². The number of rotatable bonds is 5. The fourth-order valence-electron chi connectivity index (χ4n) is 2.20. The number of hydrogen-bond acceptors (Lipinski definition) is 5. The lowest BCUT2D eigenvalue weighted by atomic mass is 10.2. The van der Waals surface area contributed by atoms with Crippen LogP contribution in [-0.2, 0) is 13.1 Å². The Hall–Kier alpha value is -2.80. The Labute approximate surface area is 143 Å². The molecule has 24 heavy (non-hydrogen) atoms. The van der Waals surface area contributed by atoms with Gasteiger partial charge in [0.25, 0.3) is 5.91 Å². The quantitative estimate of drug-likeness (QED) is 0.709. The molecule has 0 radical (unpaired) electrons. The number of benzene rings is 1. The van der Waals surface area contributed by atoms with Crippen molar-refractivity contribution in [2.75, 3.05) is 7.05 Å². The van der Waals surface area contributed by atoms with Gasteiger partial charge in [-0.2, -0.15) is 0 Å². The second-order valence-electron chi connectivity index (χ2n) is 5.25. The summed E-state index contributed by atoms with van der Waals surface area (Å²) >= 11 is 6.13. The van der Waals surface area contributed by atoms with E-state index in [-0.39, 0.29) is 11.6 Å². The van der Waals surface area contributed by atoms with Gasteiger partial charge in [0, 0.05) is 24.5 Å². The van der Waals surface area contributed by atoms with Crippen LogP contribution < -0.4 is 0 Å². The maximum atomic E-state index is 12.4. The molecule has 2 heterocycles. The van der Waals surface area contributed by atoms with Gasteiger partial charge < -0.3 is 4.90 Å². The Bertz CT molecular complexity index is 835. The van der Waals surface area contributed by atoms with Crippen LogP contribution in [-0.4, -0.2) is 42.8 Å². The van der Waals surface area contributed by atoms with Crippen molar-refractivity contribution in [1.82, 2.24) is 29.9 Å². The first-order chi connectivity index (χ1) is 11.6. The Balaban J connectivity index is 1.68. The Kier molecular flexibility index (Phi) is 4.81. The number of hydrogen-bond donors (Lipinski definition) is 0. The Morgan fingerprint density at radius 2 is 2.12 bits per heavy atom. The van der Waals surface area contributed by atoms with Crippen molar-refractivity contribution in [1.29, 1.82) is 0 Å². The minimum absolute atomic E-state index is 0.230. The fourth-order valence-corrected chi connectivity index (χ4v) is 2.39. The van der Waals surface area contributed by atoms with Crippen molar-refractivity contribution in [3.05, 3.63) is 71.0 Å². The summed E-state index contributed by atoms with van der Waals surface area (Å²) < 4.78 is 1.59. The predicted molar refractivity (Wildman–Crippen MR) is 88.4 cm³/mol. The highest BCUT2D eigenvalue weighted by Crippen LogP contribution is 2.16. The van der Waals surface area contributed by atoms with Crippen molar-refractivity contribution >= 4 is 17.5 Å². The summed E-state index contributed by atoms with van der Waals surface area (Å²) in [6.45, 7) is 0.803. The molecule has 0 spiro atoms. The van der Waals surface area contributed by atoms with Crippen LogP contribution in [0.2, 0.25) is 5.02 Å². The van der Waals surface area contributed by atoms with Gasteiger partial charge >= 0.3 is 0 Å². The van der Waals surface area contributed by atoms with Crippen LogP contribution in [0.3, 0.4) is 0 Å². The number of amides is 1.